The van der Waals surface area contributed by atoms with Crippen LogP contribution in [0.25, 0.3) is 6.08 Å². The summed E-state index contributed by atoms with van der Waals surface area (Å²) in [6, 6.07) is 5.41. The molecule has 1 fully saturated rings. The van der Waals surface area contributed by atoms with Gasteiger partial charge >= 0.3 is 0 Å². The summed E-state index contributed by atoms with van der Waals surface area (Å²) >= 11 is 12.0. The van der Waals surface area contributed by atoms with Gasteiger partial charge in [0.2, 0.25) is 5.91 Å². The second-order valence-electron chi connectivity index (χ2n) is 5.19. The Morgan fingerprint density at radius 1 is 1.43 bits per heavy atom. The van der Waals surface area contributed by atoms with E-state index < -0.39 is 0 Å². The standard InChI is InChI=1S/C16H19Cl2NO2/c17-13-6-7-15(18)12(11-13)5-8-16(21)19-9-1-3-14(19)4-2-10-20/h5-8,11,14,20H,1-4,9-10H2. The summed E-state index contributed by atoms with van der Waals surface area (Å²) in [5.74, 6) is -0.00789. The zero-order valence-electron chi connectivity index (χ0n) is 11.8. The second-order valence-corrected chi connectivity index (χ2v) is 6.04. The Bertz CT molecular complexity index is 531. The molecule has 0 radical (unpaired) electrons. The summed E-state index contributed by atoms with van der Waals surface area (Å²) in [7, 11) is 0. The molecule has 1 aromatic rings. The monoisotopic (exact) mass is 327 g/mol. The number of carbonyl (C=O) groups is 1. The number of benzene rings is 1. The van der Waals surface area contributed by atoms with Gasteiger partial charge in [0, 0.05) is 35.3 Å². The van der Waals surface area contributed by atoms with Gasteiger partial charge < -0.3 is 10.0 Å². The molecule has 0 spiro atoms. The Kier molecular flexibility index (Phi) is 6.09. The molecule has 0 saturated carbocycles. The summed E-state index contributed by atoms with van der Waals surface area (Å²) in [6.45, 7) is 0.953. The Labute approximate surface area is 135 Å². The first-order valence-electron chi connectivity index (χ1n) is 7.16. The van der Waals surface area contributed by atoms with Gasteiger partial charge in [-0.25, -0.2) is 0 Å². The molecule has 2 rings (SSSR count). The predicted molar refractivity (Wildman–Crippen MR) is 86.6 cm³/mol. The average molecular weight is 328 g/mol. The summed E-state index contributed by atoms with van der Waals surface area (Å²) in [5.41, 5.74) is 0.739. The Balaban J connectivity index is 2.03. The van der Waals surface area contributed by atoms with Crippen LogP contribution >= 0.6 is 23.2 Å². The normalized spacial score (nSPS) is 18.6. The molecule has 1 atom stereocenters. The third kappa shape index (κ3) is 4.47. The van der Waals surface area contributed by atoms with Crippen LogP contribution in [-0.2, 0) is 4.79 Å². The lowest BCUT2D eigenvalue weighted by molar-refractivity contribution is -0.126. The molecule has 0 aliphatic carbocycles. The molecule has 1 unspecified atom stereocenters. The van der Waals surface area contributed by atoms with Crippen LogP contribution in [0.3, 0.4) is 0 Å². The van der Waals surface area contributed by atoms with Gasteiger partial charge in [0.05, 0.1) is 0 Å². The quantitative estimate of drug-likeness (QED) is 0.836. The van der Waals surface area contributed by atoms with E-state index in [-0.39, 0.29) is 18.6 Å². The number of hydrogen-bond acceptors (Lipinski definition) is 2. The number of aliphatic hydroxyl groups excluding tert-OH is 1. The molecule has 1 aliphatic heterocycles. The second kappa shape index (κ2) is 7.83. The van der Waals surface area contributed by atoms with Crippen LogP contribution in [0.2, 0.25) is 10.0 Å². The highest BCUT2D eigenvalue weighted by atomic mass is 35.5. The maximum absolute atomic E-state index is 12.3. The maximum atomic E-state index is 12.3. The minimum atomic E-state index is -0.00789. The predicted octanol–water partition coefficient (Wildman–Crippen LogP) is 3.77. The van der Waals surface area contributed by atoms with E-state index in [2.05, 4.69) is 0 Å². The van der Waals surface area contributed by atoms with Crippen LogP contribution in [-0.4, -0.2) is 35.1 Å². The lowest BCUT2D eigenvalue weighted by atomic mass is 10.1. The number of hydrogen-bond donors (Lipinski definition) is 1. The highest BCUT2D eigenvalue weighted by Crippen LogP contribution is 2.24. The zero-order chi connectivity index (χ0) is 15.2. The summed E-state index contributed by atoms with van der Waals surface area (Å²) < 4.78 is 0. The smallest absolute Gasteiger partial charge is 0.246 e. The summed E-state index contributed by atoms with van der Waals surface area (Å²) in [6.07, 6.45) is 6.88. The van der Waals surface area contributed by atoms with Gasteiger partial charge in [-0.15, -0.1) is 0 Å². The van der Waals surface area contributed by atoms with Crippen molar-refractivity contribution in [2.45, 2.75) is 31.7 Å². The molecule has 0 aromatic heterocycles. The molecule has 1 aliphatic rings. The number of halogens is 2. The van der Waals surface area contributed by atoms with E-state index in [9.17, 15) is 4.79 Å². The lowest BCUT2D eigenvalue weighted by Gasteiger charge is -2.23. The first kappa shape index (κ1) is 16.3. The number of carbonyl (C=O) groups excluding carboxylic acids is 1. The van der Waals surface area contributed by atoms with Crippen LogP contribution in [0.1, 0.15) is 31.2 Å². The van der Waals surface area contributed by atoms with Crippen LogP contribution < -0.4 is 0 Å². The minimum Gasteiger partial charge on any atom is -0.396 e. The molecular formula is C16H19Cl2NO2. The van der Waals surface area contributed by atoms with Crippen molar-refractivity contribution in [2.24, 2.45) is 0 Å². The van der Waals surface area contributed by atoms with Gasteiger partial charge in [-0.1, -0.05) is 23.2 Å². The van der Waals surface area contributed by atoms with Crippen molar-refractivity contribution in [3.05, 3.63) is 39.9 Å². The van der Waals surface area contributed by atoms with Gasteiger partial charge in [-0.3, -0.25) is 4.79 Å². The lowest BCUT2D eigenvalue weighted by Crippen LogP contribution is -2.34. The highest BCUT2D eigenvalue weighted by Gasteiger charge is 2.26. The van der Waals surface area contributed by atoms with E-state index in [1.807, 2.05) is 4.90 Å². The van der Waals surface area contributed by atoms with E-state index in [0.717, 1.165) is 37.8 Å². The Morgan fingerprint density at radius 2 is 2.24 bits per heavy atom. The average Bonchev–Trinajstić information content (AvgIpc) is 2.94. The Hall–Kier alpha value is -1.03. The van der Waals surface area contributed by atoms with E-state index in [0.29, 0.717) is 10.0 Å². The van der Waals surface area contributed by atoms with Crippen molar-refractivity contribution in [3.8, 4) is 0 Å². The largest absolute Gasteiger partial charge is 0.396 e. The van der Waals surface area contributed by atoms with Gasteiger partial charge in [0.25, 0.3) is 0 Å². The molecule has 3 nitrogen and oxygen atoms in total. The van der Waals surface area contributed by atoms with Crippen LogP contribution in [0, 0.1) is 0 Å². The zero-order valence-corrected chi connectivity index (χ0v) is 13.3. The molecular weight excluding hydrogens is 309 g/mol. The van der Waals surface area contributed by atoms with E-state index in [1.165, 1.54) is 0 Å². The molecule has 114 valence electrons. The number of nitrogens with zero attached hydrogens (tertiary/aromatic N) is 1. The molecule has 5 heteroatoms. The fraction of sp³-hybridized carbons (Fsp3) is 0.438. The van der Waals surface area contributed by atoms with E-state index in [4.69, 9.17) is 28.3 Å². The fourth-order valence-electron chi connectivity index (χ4n) is 2.65. The molecule has 0 bridgehead atoms. The summed E-state index contributed by atoms with van der Waals surface area (Å²) in [5, 5.41) is 10.1. The molecule has 1 N–H and O–H groups in total. The summed E-state index contributed by atoms with van der Waals surface area (Å²) in [4.78, 5) is 14.2. The first-order valence-corrected chi connectivity index (χ1v) is 7.92. The van der Waals surface area contributed by atoms with Gasteiger partial charge in [-0.05, 0) is 55.5 Å². The van der Waals surface area contributed by atoms with Gasteiger partial charge in [0.1, 0.15) is 0 Å². The molecule has 1 heterocycles. The maximum Gasteiger partial charge on any atom is 0.246 e. The SMILES string of the molecule is O=C(C=Cc1cc(Cl)ccc1Cl)N1CCCC1CCCO. The Morgan fingerprint density at radius 3 is 3.00 bits per heavy atom. The van der Waals surface area contributed by atoms with Gasteiger partial charge in [-0.2, -0.15) is 0 Å². The van der Waals surface area contributed by atoms with E-state index in [1.54, 1.807) is 30.4 Å². The van der Waals surface area contributed by atoms with Crippen LogP contribution in [0.4, 0.5) is 0 Å². The molecule has 1 saturated heterocycles. The highest BCUT2D eigenvalue weighted by molar-refractivity contribution is 6.34. The number of rotatable bonds is 5. The van der Waals surface area contributed by atoms with E-state index >= 15 is 0 Å². The number of amides is 1. The fourth-order valence-corrected chi connectivity index (χ4v) is 3.01. The number of aliphatic hydroxyl groups is 1. The number of likely N-dealkylation sites (tertiary alicyclic amines) is 1. The van der Waals surface area contributed by atoms with Crippen LogP contribution in [0.5, 0.6) is 0 Å². The third-order valence-electron chi connectivity index (χ3n) is 3.72. The van der Waals surface area contributed by atoms with Crippen molar-refractivity contribution in [3.63, 3.8) is 0 Å². The molecule has 21 heavy (non-hydrogen) atoms. The van der Waals surface area contributed by atoms with Gasteiger partial charge in [0.15, 0.2) is 0 Å². The molecule has 1 aromatic carbocycles. The van der Waals surface area contributed by atoms with Crippen molar-refractivity contribution in [1.82, 2.24) is 4.90 Å². The van der Waals surface area contributed by atoms with Crippen molar-refractivity contribution < 1.29 is 9.90 Å². The minimum absolute atomic E-state index is 0.00789. The molecule has 1 amide bonds. The van der Waals surface area contributed by atoms with Crippen molar-refractivity contribution in [2.75, 3.05) is 13.2 Å². The van der Waals surface area contributed by atoms with Crippen molar-refractivity contribution in [1.29, 1.82) is 0 Å². The van der Waals surface area contributed by atoms with Crippen LogP contribution in [0.15, 0.2) is 24.3 Å². The first-order chi connectivity index (χ1) is 10.1. The third-order valence-corrected chi connectivity index (χ3v) is 4.30. The topological polar surface area (TPSA) is 40.5 Å². The van der Waals surface area contributed by atoms with Crippen molar-refractivity contribution >= 4 is 35.2 Å².